The molecule has 0 saturated heterocycles. The molecule has 2 unspecified atom stereocenters. The Morgan fingerprint density at radius 1 is 1.07 bits per heavy atom. The van der Waals surface area contributed by atoms with Gasteiger partial charge in [0.05, 0.1) is 16.8 Å². The van der Waals surface area contributed by atoms with Gasteiger partial charge in [-0.3, -0.25) is 5.01 Å². The van der Waals surface area contributed by atoms with Gasteiger partial charge in [-0.25, -0.2) is 0 Å². The summed E-state index contributed by atoms with van der Waals surface area (Å²) in [6, 6.07) is 18.7. The van der Waals surface area contributed by atoms with Crippen LogP contribution in [0.4, 0.5) is 0 Å². The number of rotatable bonds is 3. The molecule has 0 aromatic heterocycles. The van der Waals surface area contributed by atoms with Crippen LogP contribution < -0.4 is 4.74 Å². The van der Waals surface area contributed by atoms with E-state index in [-0.39, 0.29) is 12.3 Å². The second-order valence-electron chi connectivity index (χ2n) is 7.38. The molecule has 0 aliphatic carbocycles. The van der Waals surface area contributed by atoms with Crippen LogP contribution in [-0.2, 0) is 0 Å². The molecule has 0 amide bonds. The Labute approximate surface area is 174 Å². The van der Waals surface area contributed by atoms with Gasteiger partial charge in [-0.05, 0) is 34.5 Å². The molecular weight excluding hydrogens is 391 g/mol. The van der Waals surface area contributed by atoms with Crippen molar-refractivity contribution in [2.75, 3.05) is 0 Å². The summed E-state index contributed by atoms with van der Waals surface area (Å²) in [5.74, 6) is 0.751. The van der Waals surface area contributed by atoms with Crippen molar-refractivity contribution in [3.8, 4) is 5.75 Å². The number of halogens is 2. The van der Waals surface area contributed by atoms with E-state index < -0.39 is 0 Å². The fraction of sp³-hybridized carbons (Fsp3) is 0.261. The minimum atomic E-state index is -0.112. The zero-order valence-electron chi connectivity index (χ0n) is 15.5. The van der Waals surface area contributed by atoms with Crippen LogP contribution in [-0.4, -0.2) is 16.9 Å². The average Bonchev–Trinajstić information content (AvgIpc) is 3.15. The maximum Gasteiger partial charge on any atom is 0.187 e. The quantitative estimate of drug-likeness (QED) is 0.473. The van der Waals surface area contributed by atoms with Crippen molar-refractivity contribution in [2.45, 2.75) is 38.5 Å². The van der Waals surface area contributed by atoms with Gasteiger partial charge in [-0.15, -0.1) is 0 Å². The van der Waals surface area contributed by atoms with Crippen molar-refractivity contribution < 1.29 is 4.74 Å². The third kappa shape index (κ3) is 2.94. The second-order valence-corrected chi connectivity index (χ2v) is 8.22. The topological polar surface area (TPSA) is 24.8 Å². The van der Waals surface area contributed by atoms with E-state index in [2.05, 4.69) is 54.4 Å². The number of benzene rings is 3. The predicted octanol–water partition coefficient (Wildman–Crippen LogP) is 6.82. The van der Waals surface area contributed by atoms with Gasteiger partial charge in [0.25, 0.3) is 0 Å². The molecule has 2 atom stereocenters. The lowest BCUT2D eigenvalue weighted by atomic mass is 9.95. The molecule has 5 rings (SSSR count). The van der Waals surface area contributed by atoms with E-state index in [1.807, 2.05) is 6.07 Å². The molecule has 3 aromatic rings. The number of fused-ring (bicyclic) bond motifs is 4. The van der Waals surface area contributed by atoms with Crippen molar-refractivity contribution in [3.63, 3.8) is 0 Å². The molecular formula is C23H20Cl2N2O. The highest BCUT2D eigenvalue weighted by Gasteiger charge is 2.40. The smallest absolute Gasteiger partial charge is 0.187 e. The Hall–Kier alpha value is -2.23. The molecule has 28 heavy (non-hydrogen) atoms. The normalized spacial score (nSPS) is 20.5. The van der Waals surface area contributed by atoms with Crippen LogP contribution in [0.3, 0.4) is 0 Å². The Bertz CT molecular complexity index is 1100. The summed E-state index contributed by atoms with van der Waals surface area (Å²) in [6.45, 7) is 2.15. The summed E-state index contributed by atoms with van der Waals surface area (Å²) in [5, 5.41) is 10.7. The SMILES string of the molecule is CCCC1Oc2c(Cl)cc(Cl)cc2C2CC(c3ccc4ccccc4c3)=NN12. The van der Waals surface area contributed by atoms with E-state index in [0.717, 1.165) is 41.9 Å². The summed E-state index contributed by atoms with van der Waals surface area (Å²) in [7, 11) is 0. The van der Waals surface area contributed by atoms with E-state index in [1.54, 1.807) is 6.07 Å². The van der Waals surface area contributed by atoms with E-state index in [1.165, 1.54) is 10.8 Å². The van der Waals surface area contributed by atoms with Crippen LogP contribution in [0, 0.1) is 0 Å². The highest BCUT2D eigenvalue weighted by Crippen LogP contribution is 2.47. The zero-order chi connectivity index (χ0) is 19.3. The maximum atomic E-state index is 6.46. The molecule has 0 N–H and O–H groups in total. The largest absolute Gasteiger partial charge is 0.467 e. The third-order valence-electron chi connectivity index (χ3n) is 5.51. The number of ether oxygens (including phenoxy) is 1. The van der Waals surface area contributed by atoms with E-state index in [0.29, 0.717) is 10.0 Å². The Morgan fingerprint density at radius 3 is 2.71 bits per heavy atom. The van der Waals surface area contributed by atoms with Crippen LogP contribution in [0.1, 0.15) is 43.4 Å². The fourth-order valence-electron chi connectivity index (χ4n) is 4.17. The molecule has 3 nitrogen and oxygen atoms in total. The first-order valence-electron chi connectivity index (χ1n) is 9.64. The van der Waals surface area contributed by atoms with Gasteiger partial charge in [0.1, 0.15) is 5.75 Å². The molecule has 0 radical (unpaired) electrons. The maximum absolute atomic E-state index is 6.46. The van der Waals surface area contributed by atoms with Crippen LogP contribution in [0.25, 0.3) is 10.8 Å². The molecule has 5 heteroatoms. The van der Waals surface area contributed by atoms with Crippen molar-refractivity contribution in [1.82, 2.24) is 5.01 Å². The van der Waals surface area contributed by atoms with Gasteiger partial charge in [-0.2, -0.15) is 5.10 Å². The Kier molecular flexibility index (Phi) is 4.45. The molecule has 3 aromatic carbocycles. The third-order valence-corrected chi connectivity index (χ3v) is 6.00. The minimum Gasteiger partial charge on any atom is -0.467 e. The minimum absolute atomic E-state index is 0.0953. The molecule has 0 saturated carbocycles. The number of hydrazone groups is 1. The highest BCUT2D eigenvalue weighted by atomic mass is 35.5. The summed E-state index contributed by atoms with van der Waals surface area (Å²) >= 11 is 12.7. The Balaban J connectivity index is 1.57. The zero-order valence-corrected chi connectivity index (χ0v) is 17.0. The lowest BCUT2D eigenvalue weighted by Crippen LogP contribution is -2.40. The number of nitrogens with zero attached hydrogens (tertiary/aromatic N) is 2. The van der Waals surface area contributed by atoms with Crippen molar-refractivity contribution in [1.29, 1.82) is 0 Å². The van der Waals surface area contributed by atoms with E-state index in [4.69, 9.17) is 33.0 Å². The summed E-state index contributed by atoms with van der Waals surface area (Å²) in [4.78, 5) is 0. The molecule has 0 spiro atoms. The highest BCUT2D eigenvalue weighted by molar-refractivity contribution is 6.35. The van der Waals surface area contributed by atoms with Gasteiger partial charge in [0, 0.05) is 23.4 Å². The first kappa shape index (κ1) is 17.8. The standard InChI is InChI=1S/C23H20Cl2N2O/c1-2-5-22-27-21(18-11-17(24)12-19(25)23(18)28-22)13-20(26-27)16-9-8-14-6-3-4-7-15(14)10-16/h3-4,6-12,21-22H,2,5,13H2,1H3. The molecule has 2 aliphatic heterocycles. The fourth-order valence-corrected chi connectivity index (χ4v) is 4.72. The number of hydrogen-bond acceptors (Lipinski definition) is 3. The molecule has 2 heterocycles. The van der Waals surface area contributed by atoms with Gasteiger partial charge < -0.3 is 4.74 Å². The second kappa shape index (κ2) is 6.98. The van der Waals surface area contributed by atoms with Crippen molar-refractivity contribution in [2.24, 2.45) is 5.10 Å². The monoisotopic (exact) mass is 410 g/mol. The molecule has 142 valence electrons. The van der Waals surface area contributed by atoms with E-state index >= 15 is 0 Å². The van der Waals surface area contributed by atoms with Crippen molar-refractivity contribution in [3.05, 3.63) is 75.8 Å². The van der Waals surface area contributed by atoms with Crippen LogP contribution in [0.15, 0.2) is 59.7 Å². The lowest BCUT2D eigenvalue weighted by Gasteiger charge is -2.38. The number of hydrogen-bond donors (Lipinski definition) is 0. The summed E-state index contributed by atoms with van der Waals surface area (Å²) in [6.07, 6.45) is 2.60. The average molecular weight is 411 g/mol. The van der Waals surface area contributed by atoms with Crippen LogP contribution >= 0.6 is 23.2 Å². The molecule has 2 aliphatic rings. The first-order valence-corrected chi connectivity index (χ1v) is 10.4. The summed E-state index contributed by atoms with van der Waals surface area (Å²) in [5.41, 5.74) is 3.24. The van der Waals surface area contributed by atoms with Gasteiger partial charge in [0.2, 0.25) is 0 Å². The summed E-state index contributed by atoms with van der Waals surface area (Å²) < 4.78 is 6.25. The van der Waals surface area contributed by atoms with E-state index in [9.17, 15) is 0 Å². The predicted molar refractivity (Wildman–Crippen MR) is 115 cm³/mol. The van der Waals surface area contributed by atoms with Gasteiger partial charge >= 0.3 is 0 Å². The van der Waals surface area contributed by atoms with Gasteiger partial charge in [-0.1, -0.05) is 72.9 Å². The Morgan fingerprint density at radius 2 is 1.89 bits per heavy atom. The first-order chi connectivity index (χ1) is 13.6. The molecule has 0 bridgehead atoms. The van der Waals surface area contributed by atoms with Crippen LogP contribution in [0.5, 0.6) is 5.75 Å². The van der Waals surface area contributed by atoms with Crippen LogP contribution in [0.2, 0.25) is 10.0 Å². The van der Waals surface area contributed by atoms with Crippen molar-refractivity contribution >= 4 is 39.7 Å². The molecule has 0 fully saturated rings. The van der Waals surface area contributed by atoms with Gasteiger partial charge in [0.15, 0.2) is 6.23 Å². The lowest BCUT2D eigenvalue weighted by molar-refractivity contribution is -0.0222.